The van der Waals surface area contributed by atoms with Crippen LogP contribution in [0, 0.1) is 11.8 Å². The van der Waals surface area contributed by atoms with E-state index >= 15 is 0 Å². The van der Waals surface area contributed by atoms with E-state index in [0.717, 1.165) is 16.9 Å². The highest BCUT2D eigenvalue weighted by Gasteiger charge is 2.25. The Morgan fingerprint density at radius 2 is 1.96 bits per heavy atom. The Kier molecular flexibility index (Phi) is 3.44. The maximum absolute atomic E-state index is 6.06. The van der Waals surface area contributed by atoms with E-state index in [4.69, 9.17) is 22.3 Å². The summed E-state index contributed by atoms with van der Waals surface area (Å²) in [5, 5.41) is 0.698. The van der Waals surface area contributed by atoms with Crippen molar-refractivity contribution >= 4 is 22.9 Å². The van der Waals surface area contributed by atoms with E-state index in [2.05, 4.69) is 16.8 Å². The maximum Gasteiger partial charge on any atom is 0.150 e. The number of hydrogen-bond donors (Lipinski definition) is 1. The number of rotatable bonds is 1. The zero-order valence-electron chi connectivity index (χ0n) is 12.5. The van der Waals surface area contributed by atoms with Crippen molar-refractivity contribution in [3.8, 4) is 11.8 Å². The fourth-order valence-corrected chi connectivity index (χ4v) is 2.92. The van der Waals surface area contributed by atoms with Gasteiger partial charge in [-0.1, -0.05) is 23.9 Å². The highest BCUT2D eigenvalue weighted by molar-refractivity contribution is 6.30. The third-order valence-corrected chi connectivity index (χ3v) is 4.50. The van der Waals surface area contributed by atoms with Gasteiger partial charge in [0.15, 0.2) is 5.82 Å². The molecule has 1 aliphatic rings. The molecule has 1 aliphatic carbocycles. The van der Waals surface area contributed by atoms with Gasteiger partial charge in [0.05, 0.1) is 0 Å². The first kappa shape index (κ1) is 14.1. The molecule has 5 heteroatoms. The molecule has 4 rings (SSSR count). The molecular formula is C18H15ClN4. The number of fused-ring (bicyclic) bond motifs is 1. The smallest absolute Gasteiger partial charge is 0.150 e. The van der Waals surface area contributed by atoms with Gasteiger partial charge >= 0.3 is 0 Å². The molecule has 1 aromatic carbocycles. The third-order valence-electron chi connectivity index (χ3n) is 4.25. The average Bonchev–Trinajstić information content (AvgIpc) is 2.85. The first-order valence-electron chi connectivity index (χ1n) is 7.62. The van der Waals surface area contributed by atoms with E-state index in [1.54, 1.807) is 6.20 Å². The molecule has 0 amide bonds. The van der Waals surface area contributed by atoms with Crippen LogP contribution in [0.3, 0.4) is 0 Å². The lowest BCUT2D eigenvalue weighted by Gasteiger charge is -2.23. The van der Waals surface area contributed by atoms with Crippen LogP contribution in [0.15, 0.2) is 36.7 Å². The fraction of sp³-hybridized carbons (Fsp3) is 0.222. The van der Waals surface area contributed by atoms with E-state index in [1.807, 2.05) is 34.9 Å². The van der Waals surface area contributed by atoms with Gasteiger partial charge in [0.25, 0.3) is 0 Å². The molecule has 0 bridgehead atoms. The summed E-state index contributed by atoms with van der Waals surface area (Å²) in [6, 6.07) is 7.43. The van der Waals surface area contributed by atoms with Gasteiger partial charge in [0.1, 0.15) is 17.0 Å². The lowest BCUT2D eigenvalue weighted by Crippen LogP contribution is -2.12. The minimum Gasteiger partial charge on any atom is -0.382 e. The summed E-state index contributed by atoms with van der Waals surface area (Å²) in [6.45, 7) is 0. The van der Waals surface area contributed by atoms with Crippen LogP contribution in [0.4, 0.5) is 5.82 Å². The number of nitrogen functional groups attached to an aromatic ring is 1. The van der Waals surface area contributed by atoms with Gasteiger partial charge in [-0.15, -0.1) is 0 Å². The van der Waals surface area contributed by atoms with Crippen LogP contribution in [0.2, 0.25) is 5.02 Å². The van der Waals surface area contributed by atoms with Gasteiger partial charge in [-0.25, -0.2) is 9.97 Å². The molecule has 0 unspecified atom stereocenters. The lowest BCUT2D eigenvalue weighted by atomic mass is 9.85. The molecule has 1 saturated carbocycles. The normalized spacial score (nSPS) is 14.3. The summed E-state index contributed by atoms with van der Waals surface area (Å²) >= 11 is 5.90. The largest absolute Gasteiger partial charge is 0.382 e. The van der Waals surface area contributed by atoms with Crippen molar-refractivity contribution in [3.63, 3.8) is 0 Å². The number of halogens is 1. The van der Waals surface area contributed by atoms with Crippen molar-refractivity contribution in [1.29, 1.82) is 0 Å². The van der Waals surface area contributed by atoms with Gasteiger partial charge in [-0.2, -0.15) is 0 Å². The highest BCUT2D eigenvalue weighted by atomic mass is 35.5. The molecule has 0 spiro atoms. The Morgan fingerprint density at radius 1 is 1.17 bits per heavy atom. The Labute approximate surface area is 139 Å². The van der Waals surface area contributed by atoms with E-state index < -0.39 is 0 Å². The fourth-order valence-electron chi connectivity index (χ4n) is 2.79. The molecule has 0 atom stereocenters. The lowest BCUT2D eigenvalue weighted by molar-refractivity contribution is 0.400. The van der Waals surface area contributed by atoms with E-state index in [9.17, 15) is 0 Å². The van der Waals surface area contributed by atoms with Crippen molar-refractivity contribution in [1.82, 2.24) is 14.4 Å². The Hall–Kier alpha value is -2.51. The van der Waals surface area contributed by atoms with Crippen LogP contribution in [0.1, 0.15) is 42.3 Å². The summed E-state index contributed by atoms with van der Waals surface area (Å²) < 4.78 is 2.04. The summed E-state index contributed by atoms with van der Waals surface area (Å²) in [5.41, 5.74) is 8.44. The van der Waals surface area contributed by atoms with Gasteiger partial charge < -0.3 is 5.73 Å². The standard InChI is InChI=1S/C18H15ClN4/c19-14-7-4-12(5-8-14)6-9-15-16-17(20)21-10-11-23(16)18(22-15)13-2-1-3-13/h4-5,7-8,10-11,13H,1-3H2,(H2,20,21). The van der Waals surface area contributed by atoms with Gasteiger partial charge in [0.2, 0.25) is 0 Å². The van der Waals surface area contributed by atoms with Crippen LogP contribution in [-0.4, -0.2) is 14.4 Å². The van der Waals surface area contributed by atoms with Gasteiger partial charge in [0, 0.05) is 28.9 Å². The summed E-state index contributed by atoms with van der Waals surface area (Å²) in [4.78, 5) is 8.93. The van der Waals surface area contributed by atoms with Crippen molar-refractivity contribution < 1.29 is 0 Å². The molecule has 4 nitrogen and oxygen atoms in total. The molecule has 0 aliphatic heterocycles. The molecule has 1 fully saturated rings. The van der Waals surface area contributed by atoms with E-state index in [-0.39, 0.29) is 0 Å². The minimum absolute atomic E-state index is 0.464. The Balaban J connectivity index is 1.82. The first-order chi connectivity index (χ1) is 11.2. The Bertz CT molecular complexity index is 927. The molecule has 2 aromatic heterocycles. The SMILES string of the molecule is Nc1nccn2c(C3CCC3)nc(C#Cc3ccc(Cl)cc3)c12. The summed E-state index contributed by atoms with van der Waals surface area (Å²) in [5.74, 6) is 8.27. The average molecular weight is 323 g/mol. The van der Waals surface area contributed by atoms with Crippen LogP contribution in [0.5, 0.6) is 0 Å². The highest BCUT2D eigenvalue weighted by Crippen LogP contribution is 2.36. The Morgan fingerprint density at radius 3 is 2.65 bits per heavy atom. The van der Waals surface area contributed by atoms with Gasteiger partial charge in [-0.05, 0) is 43.0 Å². The second-order valence-corrected chi connectivity index (χ2v) is 6.17. The van der Waals surface area contributed by atoms with E-state index in [1.165, 1.54) is 19.3 Å². The molecule has 23 heavy (non-hydrogen) atoms. The molecule has 2 heterocycles. The zero-order valence-corrected chi connectivity index (χ0v) is 13.2. The van der Waals surface area contributed by atoms with E-state index in [0.29, 0.717) is 22.5 Å². The van der Waals surface area contributed by atoms with Crippen molar-refractivity contribution in [3.05, 3.63) is 58.8 Å². The van der Waals surface area contributed by atoms with Crippen molar-refractivity contribution in [2.24, 2.45) is 0 Å². The predicted octanol–water partition coefficient (Wildman–Crippen LogP) is 3.63. The molecule has 0 saturated heterocycles. The number of nitrogens with zero attached hydrogens (tertiary/aromatic N) is 3. The second-order valence-electron chi connectivity index (χ2n) is 5.73. The molecule has 114 valence electrons. The number of nitrogens with two attached hydrogens (primary N) is 1. The predicted molar refractivity (Wildman–Crippen MR) is 91.4 cm³/mol. The van der Waals surface area contributed by atoms with Crippen LogP contribution in [0.25, 0.3) is 5.52 Å². The quantitative estimate of drug-likeness (QED) is 0.696. The number of benzene rings is 1. The van der Waals surface area contributed by atoms with Crippen molar-refractivity contribution in [2.45, 2.75) is 25.2 Å². The van der Waals surface area contributed by atoms with Crippen LogP contribution in [-0.2, 0) is 0 Å². The number of anilines is 1. The minimum atomic E-state index is 0.464. The van der Waals surface area contributed by atoms with Crippen LogP contribution >= 0.6 is 11.6 Å². The number of hydrogen-bond acceptors (Lipinski definition) is 3. The van der Waals surface area contributed by atoms with Gasteiger partial charge in [-0.3, -0.25) is 4.40 Å². The zero-order chi connectivity index (χ0) is 15.8. The second kappa shape index (κ2) is 5.60. The third kappa shape index (κ3) is 2.54. The number of aromatic nitrogens is 3. The molecule has 2 N–H and O–H groups in total. The summed E-state index contributed by atoms with van der Waals surface area (Å²) in [7, 11) is 0. The monoisotopic (exact) mass is 322 g/mol. The molecule has 3 aromatic rings. The maximum atomic E-state index is 6.06. The summed E-state index contributed by atoms with van der Waals surface area (Å²) in [6.07, 6.45) is 7.23. The topological polar surface area (TPSA) is 56.2 Å². The molecular weight excluding hydrogens is 308 g/mol. The number of imidazole rings is 1. The molecule has 0 radical (unpaired) electrons. The first-order valence-corrected chi connectivity index (χ1v) is 8.00. The van der Waals surface area contributed by atoms with Crippen molar-refractivity contribution in [2.75, 3.05) is 5.73 Å². The van der Waals surface area contributed by atoms with Crippen LogP contribution < -0.4 is 5.73 Å².